The van der Waals surface area contributed by atoms with Gasteiger partial charge in [-0.05, 0) is 19.4 Å². The fourth-order valence-electron chi connectivity index (χ4n) is 2.26. The molecule has 90 valence electrons. The van der Waals surface area contributed by atoms with E-state index in [2.05, 4.69) is 22.3 Å². The Morgan fingerprint density at radius 3 is 3.00 bits per heavy atom. The molecule has 2 atom stereocenters. The van der Waals surface area contributed by atoms with E-state index in [0.29, 0.717) is 11.3 Å². The minimum Gasteiger partial charge on any atom is -0.313 e. The summed E-state index contributed by atoms with van der Waals surface area (Å²) in [6.07, 6.45) is 6.91. The molecular formula is C11H20N4S. The van der Waals surface area contributed by atoms with E-state index in [1.165, 1.54) is 25.7 Å². The van der Waals surface area contributed by atoms with Gasteiger partial charge in [-0.1, -0.05) is 31.5 Å². The Morgan fingerprint density at radius 1 is 1.50 bits per heavy atom. The van der Waals surface area contributed by atoms with Crippen LogP contribution in [0.1, 0.15) is 32.6 Å². The van der Waals surface area contributed by atoms with E-state index in [9.17, 15) is 0 Å². The van der Waals surface area contributed by atoms with Crippen molar-refractivity contribution < 1.29 is 0 Å². The fourth-order valence-corrected chi connectivity index (χ4v) is 3.52. The van der Waals surface area contributed by atoms with E-state index in [0.717, 1.165) is 11.7 Å². The normalized spacial score (nSPS) is 25.9. The van der Waals surface area contributed by atoms with Gasteiger partial charge in [-0.15, -0.1) is 0 Å². The maximum absolute atomic E-state index is 4.29. The summed E-state index contributed by atoms with van der Waals surface area (Å²) in [4.78, 5) is 4.29. The summed E-state index contributed by atoms with van der Waals surface area (Å²) >= 11 is 1.87. The molecule has 1 aliphatic carbocycles. The summed E-state index contributed by atoms with van der Waals surface area (Å²) < 4.78 is 1.86. The number of hydrogen-bond acceptors (Lipinski definition) is 4. The van der Waals surface area contributed by atoms with Gasteiger partial charge in [0.05, 0.1) is 0 Å². The zero-order chi connectivity index (χ0) is 11.4. The van der Waals surface area contributed by atoms with Crippen molar-refractivity contribution in [2.45, 2.75) is 49.1 Å². The third-order valence-electron chi connectivity index (χ3n) is 3.10. The van der Waals surface area contributed by atoms with Crippen molar-refractivity contribution in [3.8, 4) is 0 Å². The molecule has 16 heavy (non-hydrogen) atoms. The first-order valence-corrected chi connectivity index (χ1v) is 6.93. The van der Waals surface area contributed by atoms with Crippen LogP contribution in [0.15, 0.2) is 11.5 Å². The van der Waals surface area contributed by atoms with Gasteiger partial charge in [-0.25, -0.2) is 9.67 Å². The zero-order valence-corrected chi connectivity index (χ0v) is 10.8. The highest BCUT2D eigenvalue weighted by molar-refractivity contribution is 7.99. The molecule has 2 rings (SSSR count). The van der Waals surface area contributed by atoms with Crippen LogP contribution < -0.4 is 5.32 Å². The van der Waals surface area contributed by atoms with Gasteiger partial charge in [-0.3, -0.25) is 0 Å². The van der Waals surface area contributed by atoms with Crippen molar-refractivity contribution in [3.63, 3.8) is 0 Å². The van der Waals surface area contributed by atoms with Crippen molar-refractivity contribution in [1.29, 1.82) is 0 Å². The number of nitrogens with one attached hydrogen (secondary N) is 1. The Labute approximate surface area is 101 Å². The van der Waals surface area contributed by atoms with Crippen molar-refractivity contribution >= 4 is 11.8 Å². The quantitative estimate of drug-likeness (QED) is 0.872. The van der Waals surface area contributed by atoms with Crippen molar-refractivity contribution in [2.24, 2.45) is 7.05 Å². The van der Waals surface area contributed by atoms with Gasteiger partial charge in [0, 0.05) is 18.3 Å². The summed E-state index contributed by atoms with van der Waals surface area (Å²) in [5.41, 5.74) is 0. The maximum Gasteiger partial charge on any atom is 0.186 e. The average molecular weight is 240 g/mol. The number of thioether (sulfide) groups is 1. The molecular weight excluding hydrogens is 220 g/mol. The van der Waals surface area contributed by atoms with Crippen LogP contribution in [0.4, 0.5) is 0 Å². The summed E-state index contributed by atoms with van der Waals surface area (Å²) in [5, 5.41) is 9.39. The van der Waals surface area contributed by atoms with E-state index in [4.69, 9.17) is 0 Å². The van der Waals surface area contributed by atoms with E-state index >= 15 is 0 Å². The Bertz CT molecular complexity index is 324. The Kier molecular flexibility index (Phi) is 4.23. The molecule has 0 amide bonds. The minimum atomic E-state index is 0.639. The van der Waals surface area contributed by atoms with Crippen molar-refractivity contribution in [1.82, 2.24) is 20.1 Å². The van der Waals surface area contributed by atoms with Crippen molar-refractivity contribution in [3.05, 3.63) is 6.33 Å². The van der Waals surface area contributed by atoms with Crippen LogP contribution in [-0.2, 0) is 7.05 Å². The number of nitrogens with zero attached hydrogens (tertiary/aromatic N) is 3. The summed E-state index contributed by atoms with van der Waals surface area (Å²) in [5.74, 6) is 0. The fraction of sp³-hybridized carbons (Fsp3) is 0.818. The van der Waals surface area contributed by atoms with Gasteiger partial charge in [-0.2, -0.15) is 5.10 Å². The minimum absolute atomic E-state index is 0.639. The molecule has 2 unspecified atom stereocenters. The highest BCUT2D eigenvalue weighted by Crippen LogP contribution is 2.32. The molecule has 1 aromatic rings. The maximum atomic E-state index is 4.29. The lowest BCUT2D eigenvalue weighted by Crippen LogP contribution is -2.40. The number of aromatic nitrogens is 3. The van der Waals surface area contributed by atoms with Gasteiger partial charge in [0.1, 0.15) is 6.33 Å². The SMILES string of the molecule is CCNC1CCCCC1Sc1ncnn1C. The van der Waals surface area contributed by atoms with Gasteiger partial charge in [0.2, 0.25) is 0 Å². The smallest absolute Gasteiger partial charge is 0.186 e. The molecule has 0 saturated heterocycles. The lowest BCUT2D eigenvalue weighted by atomic mass is 9.95. The zero-order valence-electron chi connectivity index (χ0n) is 10.0. The predicted molar refractivity (Wildman–Crippen MR) is 66.6 cm³/mol. The van der Waals surface area contributed by atoms with Gasteiger partial charge in [0.25, 0.3) is 0 Å². The first-order valence-electron chi connectivity index (χ1n) is 6.05. The molecule has 1 aromatic heterocycles. The van der Waals surface area contributed by atoms with E-state index in [1.54, 1.807) is 6.33 Å². The monoisotopic (exact) mass is 240 g/mol. The van der Waals surface area contributed by atoms with Crippen LogP contribution in [0.25, 0.3) is 0 Å². The largest absolute Gasteiger partial charge is 0.313 e. The van der Waals surface area contributed by atoms with Crippen LogP contribution >= 0.6 is 11.8 Å². The number of rotatable bonds is 4. The molecule has 1 heterocycles. The molecule has 0 bridgehead atoms. The van der Waals surface area contributed by atoms with Crippen LogP contribution in [0, 0.1) is 0 Å². The Morgan fingerprint density at radius 2 is 2.31 bits per heavy atom. The predicted octanol–water partition coefficient (Wildman–Crippen LogP) is 1.83. The first kappa shape index (κ1) is 11.9. The Hall–Kier alpha value is -0.550. The summed E-state index contributed by atoms with van der Waals surface area (Å²) in [7, 11) is 1.96. The average Bonchev–Trinajstić information content (AvgIpc) is 2.68. The molecule has 0 spiro atoms. The van der Waals surface area contributed by atoms with E-state index in [-0.39, 0.29) is 0 Å². The number of hydrogen-bond donors (Lipinski definition) is 1. The second-order valence-electron chi connectivity index (χ2n) is 4.27. The molecule has 0 aliphatic heterocycles. The highest BCUT2D eigenvalue weighted by Gasteiger charge is 2.26. The van der Waals surface area contributed by atoms with Crippen molar-refractivity contribution in [2.75, 3.05) is 6.54 Å². The third kappa shape index (κ3) is 2.77. The van der Waals surface area contributed by atoms with Crippen LogP contribution in [-0.4, -0.2) is 32.6 Å². The molecule has 5 heteroatoms. The van der Waals surface area contributed by atoms with Gasteiger partial charge in [0.15, 0.2) is 5.16 Å². The van der Waals surface area contributed by atoms with Gasteiger partial charge >= 0.3 is 0 Å². The standard InChI is InChI=1S/C11H20N4S/c1-3-12-9-6-4-5-7-10(9)16-11-13-8-14-15(11)2/h8-10,12H,3-7H2,1-2H3. The lowest BCUT2D eigenvalue weighted by molar-refractivity contribution is 0.390. The lowest BCUT2D eigenvalue weighted by Gasteiger charge is -2.31. The summed E-state index contributed by atoms with van der Waals surface area (Å²) in [6.45, 7) is 3.24. The molecule has 1 aliphatic rings. The second kappa shape index (κ2) is 5.68. The van der Waals surface area contributed by atoms with E-state index < -0.39 is 0 Å². The number of aryl methyl sites for hydroxylation is 1. The van der Waals surface area contributed by atoms with Crippen LogP contribution in [0.3, 0.4) is 0 Å². The van der Waals surface area contributed by atoms with Crippen LogP contribution in [0.2, 0.25) is 0 Å². The molecule has 1 fully saturated rings. The second-order valence-corrected chi connectivity index (χ2v) is 5.48. The third-order valence-corrected chi connectivity index (χ3v) is 4.54. The van der Waals surface area contributed by atoms with Gasteiger partial charge < -0.3 is 5.32 Å². The van der Waals surface area contributed by atoms with Crippen LogP contribution in [0.5, 0.6) is 0 Å². The molecule has 1 N–H and O–H groups in total. The topological polar surface area (TPSA) is 42.7 Å². The first-order chi connectivity index (χ1) is 7.81. The molecule has 4 nitrogen and oxygen atoms in total. The molecule has 0 aromatic carbocycles. The summed E-state index contributed by atoms with van der Waals surface area (Å²) in [6, 6.07) is 0.639. The molecule has 1 saturated carbocycles. The highest BCUT2D eigenvalue weighted by atomic mass is 32.2. The Balaban J connectivity index is 1.98. The molecule has 0 radical (unpaired) electrons. The van der Waals surface area contributed by atoms with E-state index in [1.807, 2.05) is 23.5 Å².